The molecule has 1 aromatic carbocycles. The molecule has 0 saturated heterocycles. The van der Waals surface area contributed by atoms with Gasteiger partial charge in [0, 0.05) is 25.3 Å². The second-order valence-electron chi connectivity index (χ2n) is 5.02. The molecule has 1 aromatic rings. The zero-order chi connectivity index (χ0) is 13.0. The molecule has 3 nitrogen and oxygen atoms in total. The first kappa shape index (κ1) is 12.9. The minimum atomic E-state index is -0.0756. The highest BCUT2D eigenvalue weighted by Gasteiger charge is 2.25. The Morgan fingerprint density at radius 2 is 2.06 bits per heavy atom. The number of rotatable bonds is 6. The average Bonchev–Trinajstić information content (AvgIpc) is 3.22. The summed E-state index contributed by atoms with van der Waals surface area (Å²) in [5, 5.41) is 12.5. The summed E-state index contributed by atoms with van der Waals surface area (Å²) in [6.07, 6.45) is 3.49. The van der Waals surface area contributed by atoms with Gasteiger partial charge in [0.1, 0.15) is 6.04 Å². The number of hydrogen-bond acceptors (Lipinski definition) is 3. The van der Waals surface area contributed by atoms with Gasteiger partial charge < -0.3 is 4.90 Å². The van der Waals surface area contributed by atoms with Crippen LogP contribution in [0.3, 0.4) is 0 Å². The average molecular weight is 243 g/mol. The van der Waals surface area contributed by atoms with Gasteiger partial charge in [-0.3, -0.25) is 5.32 Å². The number of nitrogens with zero attached hydrogens (tertiary/aromatic N) is 2. The lowest BCUT2D eigenvalue weighted by Gasteiger charge is -2.23. The molecule has 1 saturated carbocycles. The zero-order valence-corrected chi connectivity index (χ0v) is 11.2. The monoisotopic (exact) mass is 243 g/mol. The van der Waals surface area contributed by atoms with Crippen molar-refractivity contribution in [3.63, 3.8) is 0 Å². The Balaban J connectivity index is 1.92. The van der Waals surface area contributed by atoms with E-state index in [2.05, 4.69) is 47.5 Å². The maximum Gasteiger partial charge on any atom is 0.113 e. The van der Waals surface area contributed by atoms with Crippen LogP contribution < -0.4 is 10.2 Å². The molecular formula is C15H21N3. The van der Waals surface area contributed by atoms with Gasteiger partial charge in [-0.15, -0.1) is 0 Å². The van der Waals surface area contributed by atoms with Crippen molar-refractivity contribution in [3.8, 4) is 6.07 Å². The van der Waals surface area contributed by atoms with Crippen LogP contribution in [0.25, 0.3) is 0 Å². The maximum absolute atomic E-state index is 9.14. The molecule has 0 aliphatic heterocycles. The summed E-state index contributed by atoms with van der Waals surface area (Å²) in [7, 11) is 2.04. The van der Waals surface area contributed by atoms with Crippen LogP contribution in [-0.2, 0) is 6.42 Å². The number of hydrogen-bond donors (Lipinski definition) is 1. The normalized spacial score (nSPS) is 16.1. The van der Waals surface area contributed by atoms with Crippen molar-refractivity contribution < 1.29 is 0 Å². The molecule has 1 aliphatic rings. The Hall–Kier alpha value is -1.53. The van der Waals surface area contributed by atoms with E-state index in [1.807, 2.05) is 7.05 Å². The number of nitriles is 1. The predicted molar refractivity (Wildman–Crippen MR) is 74.6 cm³/mol. The number of aryl methyl sites for hydroxylation is 1. The second-order valence-corrected chi connectivity index (χ2v) is 5.02. The molecule has 1 fully saturated rings. The lowest BCUT2D eigenvalue weighted by Crippen LogP contribution is -2.39. The molecule has 1 unspecified atom stereocenters. The van der Waals surface area contributed by atoms with E-state index >= 15 is 0 Å². The van der Waals surface area contributed by atoms with Gasteiger partial charge in [0.25, 0.3) is 0 Å². The Morgan fingerprint density at radius 1 is 1.39 bits per heavy atom. The molecule has 0 bridgehead atoms. The molecular weight excluding hydrogens is 222 g/mol. The fourth-order valence-corrected chi connectivity index (χ4v) is 2.03. The van der Waals surface area contributed by atoms with Crippen molar-refractivity contribution in [2.45, 2.75) is 38.3 Å². The molecule has 1 aliphatic carbocycles. The van der Waals surface area contributed by atoms with Crippen molar-refractivity contribution in [3.05, 3.63) is 29.8 Å². The summed E-state index contributed by atoms with van der Waals surface area (Å²) >= 11 is 0. The first-order valence-electron chi connectivity index (χ1n) is 6.68. The summed E-state index contributed by atoms with van der Waals surface area (Å²) in [6, 6.07) is 11.4. The number of benzene rings is 1. The van der Waals surface area contributed by atoms with E-state index in [0.717, 1.165) is 13.0 Å². The van der Waals surface area contributed by atoms with Crippen LogP contribution in [0.15, 0.2) is 24.3 Å². The van der Waals surface area contributed by atoms with E-state index < -0.39 is 0 Å². The molecule has 0 aromatic heterocycles. The summed E-state index contributed by atoms with van der Waals surface area (Å²) < 4.78 is 0. The van der Waals surface area contributed by atoms with Gasteiger partial charge in [-0.05, 0) is 37.0 Å². The molecule has 0 amide bonds. The van der Waals surface area contributed by atoms with Crippen LogP contribution in [0, 0.1) is 11.3 Å². The van der Waals surface area contributed by atoms with E-state index in [9.17, 15) is 0 Å². The standard InChI is InChI=1S/C15H21N3/c1-3-12-4-8-15(9-5-12)18(2)11-14(10-16)17-13-6-7-13/h4-5,8-9,13-14,17H,3,6-7,11H2,1-2H3. The van der Waals surface area contributed by atoms with E-state index in [1.165, 1.54) is 24.1 Å². The van der Waals surface area contributed by atoms with Gasteiger partial charge >= 0.3 is 0 Å². The predicted octanol–water partition coefficient (Wildman–Crippen LogP) is 2.33. The highest BCUT2D eigenvalue weighted by molar-refractivity contribution is 5.47. The van der Waals surface area contributed by atoms with Gasteiger partial charge in [-0.25, -0.2) is 0 Å². The van der Waals surface area contributed by atoms with Gasteiger partial charge in [0.2, 0.25) is 0 Å². The molecule has 1 atom stereocenters. The highest BCUT2D eigenvalue weighted by Crippen LogP contribution is 2.20. The van der Waals surface area contributed by atoms with Gasteiger partial charge in [0.05, 0.1) is 6.07 Å². The Kier molecular flexibility index (Phi) is 4.22. The molecule has 18 heavy (non-hydrogen) atoms. The summed E-state index contributed by atoms with van der Waals surface area (Å²) in [4.78, 5) is 2.14. The van der Waals surface area contributed by atoms with Crippen molar-refractivity contribution >= 4 is 5.69 Å². The molecule has 96 valence electrons. The topological polar surface area (TPSA) is 39.1 Å². The maximum atomic E-state index is 9.14. The Morgan fingerprint density at radius 3 is 2.56 bits per heavy atom. The van der Waals surface area contributed by atoms with E-state index in [-0.39, 0.29) is 6.04 Å². The smallest absolute Gasteiger partial charge is 0.113 e. The first-order chi connectivity index (χ1) is 8.72. The van der Waals surface area contributed by atoms with Crippen molar-refractivity contribution in [2.24, 2.45) is 0 Å². The van der Waals surface area contributed by atoms with E-state index in [0.29, 0.717) is 6.04 Å². The van der Waals surface area contributed by atoms with Gasteiger partial charge in [-0.2, -0.15) is 5.26 Å². The molecule has 3 heteroatoms. The number of anilines is 1. The fourth-order valence-electron chi connectivity index (χ4n) is 2.03. The van der Waals surface area contributed by atoms with Crippen LogP contribution in [0.4, 0.5) is 5.69 Å². The molecule has 0 heterocycles. The molecule has 2 rings (SSSR count). The summed E-state index contributed by atoms with van der Waals surface area (Å²) in [6.45, 7) is 2.89. The largest absolute Gasteiger partial charge is 0.372 e. The zero-order valence-electron chi connectivity index (χ0n) is 11.2. The first-order valence-corrected chi connectivity index (χ1v) is 6.68. The highest BCUT2D eigenvalue weighted by atomic mass is 15.1. The minimum Gasteiger partial charge on any atom is -0.372 e. The van der Waals surface area contributed by atoms with Gasteiger partial charge in [0.15, 0.2) is 0 Å². The van der Waals surface area contributed by atoms with Crippen LogP contribution in [-0.4, -0.2) is 25.7 Å². The Labute approximate surface area is 109 Å². The van der Waals surface area contributed by atoms with E-state index in [1.54, 1.807) is 0 Å². The van der Waals surface area contributed by atoms with Crippen molar-refractivity contribution in [1.29, 1.82) is 5.26 Å². The van der Waals surface area contributed by atoms with Crippen LogP contribution in [0.2, 0.25) is 0 Å². The SMILES string of the molecule is CCc1ccc(N(C)CC(C#N)NC2CC2)cc1. The lowest BCUT2D eigenvalue weighted by atomic mass is 10.1. The third-order valence-corrected chi connectivity index (χ3v) is 3.41. The minimum absolute atomic E-state index is 0.0756. The fraction of sp³-hybridized carbons (Fsp3) is 0.533. The molecule has 0 spiro atoms. The van der Waals surface area contributed by atoms with Crippen LogP contribution >= 0.6 is 0 Å². The number of likely N-dealkylation sites (N-methyl/N-ethyl adjacent to an activating group) is 1. The van der Waals surface area contributed by atoms with Crippen LogP contribution in [0.5, 0.6) is 0 Å². The van der Waals surface area contributed by atoms with Crippen molar-refractivity contribution in [1.82, 2.24) is 5.32 Å². The molecule has 1 N–H and O–H groups in total. The lowest BCUT2D eigenvalue weighted by molar-refractivity contribution is 0.593. The summed E-state index contributed by atoms with van der Waals surface area (Å²) in [5.41, 5.74) is 2.52. The van der Waals surface area contributed by atoms with Crippen molar-refractivity contribution in [2.75, 3.05) is 18.5 Å². The molecule has 0 radical (unpaired) electrons. The quantitative estimate of drug-likeness (QED) is 0.833. The van der Waals surface area contributed by atoms with Gasteiger partial charge in [-0.1, -0.05) is 19.1 Å². The number of nitrogens with one attached hydrogen (secondary N) is 1. The second kappa shape index (κ2) is 5.88. The third kappa shape index (κ3) is 3.48. The van der Waals surface area contributed by atoms with E-state index in [4.69, 9.17) is 5.26 Å². The summed E-state index contributed by atoms with van der Waals surface area (Å²) in [5.74, 6) is 0. The third-order valence-electron chi connectivity index (χ3n) is 3.41. The van der Waals surface area contributed by atoms with Crippen LogP contribution in [0.1, 0.15) is 25.3 Å². The Bertz CT molecular complexity index is 414.